The van der Waals surface area contributed by atoms with Gasteiger partial charge in [-0.15, -0.1) is 0 Å². The largest absolute Gasteiger partial charge is 0.445 e. The summed E-state index contributed by atoms with van der Waals surface area (Å²) in [6.07, 6.45) is 7.95. The number of hydrogen-bond acceptors (Lipinski definition) is 3. The van der Waals surface area contributed by atoms with Gasteiger partial charge in [-0.1, -0.05) is 0 Å². The van der Waals surface area contributed by atoms with Gasteiger partial charge in [0.15, 0.2) is 0 Å². The lowest BCUT2D eigenvalue weighted by Crippen LogP contribution is -2.48. The van der Waals surface area contributed by atoms with E-state index in [1.807, 2.05) is 6.07 Å². The van der Waals surface area contributed by atoms with Crippen molar-refractivity contribution in [3.8, 4) is 0 Å². The molecule has 5 rings (SSSR count). The molecule has 0 radical (unpaired) electrons. The zero-order valence-electron chi connectivity index (χ0n) is 11.1. The second-order valence-electron chi connectivity index (χ2n) is 7.00. The van der Waals surface area contributed by atoms with Gasteiger partial charge in [0.25, 0.3) is 0 Å². The Bertz CT molecular complexity index is 510. The summed E-state index contributed by atoms with van der Waals surface area (Å²) in [7, 11) is 0. The van der Waals surface area contributed by atoms with E-state index < -0.39 is 0 Å². The number of rotatable bonds is 2. The van der Waals surface area contributed by atoms with Gasteiger partial charge in [-0.3, -0.25) is 5.41 Å². The van der Waals surface area contributed by atoms with Crippen molar-refractivity contribution in [3.63, 3.8) is 0 Å². The molecule has 0 aromatic carbocycles. The highest BCUT2D eigenvalue weighted by Gasteiger charge is 2.53. The van der Waals surface area contributed by atoms with Crippen molar-refractivity contribution in [3.05, 3.63) is 17.4 Å². The average Bonchev–Trinajstić information content (AvgIpc) is 2.70. The fourth-order valence-corrected chi connectivity index (χ4v) is 5.29. The van der Waals surface area contributed by atoms with Gasteiger partial charge in [0, 0.05) is 5.41 Å². The molecule has 4 bridgehead atoms. The second-order valence-corrected chi connectivity index (χ2v) is 7.00. The minimum absolute atomic E-state index is 0.0113. The van der Waals surface area contributed by atoms with Crippen molar-refractivity contribution in [2.75, 3.05) is 5.73 Å². The molecule has 0 atom stereocenters. The van der Waals surface area contributed by atoms with Crippen LogP contribution < -0.4 is 11.5 Å². The van der Waals surface area contributed by atoms with Crippen molar-refractivity contribution in [2.45, 2.75) is 43.9 Å². The monoisotopic (exact) mass is 259 g/mol. The molecule has 4 nitrogen and oxygen atoms in total. The summed E-state index contributed by atoms with van der Waals surface area (Å²) in [4.78, 5) is 0. The Kier molecular flexibility index (Phi) is 2.13. The predicted molar refractivity (Wildman–Crippen MR) is 74.0 cm³/mol. The van der Waals surface area contributed by atoms with Crippen LogP contribution in [0.2, 0.25) is 0 Å². The first-order chi connectivity index (χ1) is 9.06. The summed E-state index contributed by atoms with van der Waals surface area (Å²) in [6, 6.07) is 1.94. The van der Waals surface area contributed by atoms with E-state index >= 15 is 0 Å². The summed E-state index contributed by atoms with van der Waals surface area (Å²) in [5.41, 5.74) is 12.2. The normalized spacial score (nSPS) is 39.7. The van der Waals surface area contributed by atoms with Crippen LogP contribution in [-0.4, -0.2) is 5.84 Å². The van der Waals surface area contributed by atoms with Crippen LogP contribution in [0.25, 0.3) is 0 Å². The van der Waals surface area contributed by atoms with Crippen LogP contribution in [0.1, 0.15) is 49.8 Å². The molecule has 0 aliphatic heterocycles. The standard InChI is InChI=1S/C15H21N3O/c16-13(17)11-4-12(19-14(11)18)15-5-8-1-9(6-15)3-10(2-8)7-15/h4,8-10H,1-3,5-7,18H2,(H3,16,17). The van der Waals surface area contributed by atoms with Gasteiger partial charge in [0.2, 0.25) is 5.88 Å². The third kappa shape index (κ3) is 1.55. The molecule has 4 aliphatic carbocycles. The summed E-state index contributed by atoms with van der Waals surface area (Å²) < 4.78 is 5.82. The van der Waals surface area contributed by atoms with Gasteiger partial charge in [0.1, 0.15) is 11.6 Å². The lowest BCUT2D eigenvalue weighted by molar-refractivity contribution is -0.0148. The van der Waals surface area contributed by atoms with E-state index in [1.54, 1.807) is 0 Å². The van der Waals surface area contributed by atoms with Gasteiger partial charge in [-0.05, 0) is 62.3 Å². The zero-order chi connectivity index (χ0) is 13.2. The Labute approximate surface area is 113 Å². The van der Waals surface area contributed by atoms with E-state index in [9.17, 15) is 0 Å². The van der Waals surface area contributed by atoms with E-state index in [2.05, 4.69) is 0 Å². The molecule has 4 aliphatic rings. The first-order valence-electron chi connectivity index (χ1n) is 7.30. The number of nitrogen functional groups attached to an aromatic ring is 2. The number of anilines is 1. The molecule has 1 heterocycles. The molecule has 1 aromatic rings. The van der Waals surface area contributed by atoms with E-state index in [0.29, 0.717) is 11.4 Å². The highest BCUT2D eigenvalue weighted by atomic mass is 16.4. The Morgan fingerprint density at radius 2 is 1.68 bits per heavy atom. The average molecular weight is 259 g/mol. The van der Waals surface area contributed by atoms with Crippen LogP contribution in [0.3, 0.4) is 0 Å². The third-order valence-corrected chi connectivity index (χ3v) is 5.61. The zero-order valence-corrected chi connectivity index (χ0v) is 11.1. The molecule has 1 aromatic heterocycles. The van der Waals surface area contributed by atoms with Crippen molar-refractivity contribution in [2.24, 2.45) is 23.5 Å². The molecule has 4 heteroatoms. The summed E-state index contributed by atoms with van der Waals surface area (Å²) in [6.45, 7) is 0. The quantitative estimate of drug-likeness (QED) is 0.563. The molecule has 0 amide bonds. The number of nitrogens with two attached hydrogens (primary N) is 2. The molecular weight excluding hydrogens is 238 g/mol. The van der Waals surface area contributed by atoms with E-state index in [1.165, 1.54) is 38.5 Å². The van der Waals surface area contributed by atoms with E-state index in [-0.39, 0.29) is 11.3 Å². The van der Waals surface area contributed by atoms with Crippen LogP contribution in [0.15, 0.2) is 10.5 Å². The first kappa shape index (κ1) is 11.4. The SMILES string of the molecule is N=C(N)c1cc(C23CC4CC(CC(C4)C2)C3)oc1N. The summed E-state index contributed by atoms with van der Waals surface area (Å²) in [5.74, 6) is 3.94. The Hall–Kier alpha value is -1.45. The number of hydrogen-bond donors (Lipinski definition) is 3. The number of nitrogens with one attached hydrogen (secondary N) is 1. The van der Waals surface area contributed by atoms with Gasteiger partial charge in [-0.25, -0.2) is 0 Å². The smallest absolute Gasteiger partial charge is 0.201 e. The number of furan rings is 1. The first-order valence-corrected chi connectivity index (χ1v) is 7.30. The molecule has 102 valence electrons. The minimum atomic E-state index is 0.0113. The van der Waals surface area contributed by atoms with Crippen LogP contribution in [-0.2, 0) is 5.41 Å². The molecular formula is C15H21N3O. The Balaban J connectivity index is 1.75. The fourth-order valence-electron chi connectivity index (χ4n) is 5.29. The summed E-state index contributed by atoms with van der Waals surface area (Å²) in [5, 5.41) is 7.56. The maximum absolute atomic E-state index is 7.56. The van der Waals surface area contributed by atoms with Crippen molar-refractivity contribution < 1.29 is 4.42 Å². The Morgan fingerprint density at radius 1 is 1.16 bits per heavy atom. The molecule has 4 saturated carbocycles. The lowest BCUT2D eigenvalue weighted by atomic mass is 9.49. The van der Waals surface area contributed by atoms with E-state index in [0.717, 1.165) is 23.5 Å². The van der Waals surface area contributed by atoms with Gasteiger partial charge < -0.3 is 15.9 Å². The Morgan fingerprint density at radius 3 is 2.11 bits per heavy atom. The molecule has 0 saturated heterocycles. The van der Waals surface area contributed by atoms with Gasteiger partial charge in [0.05, 0.1) is 5.56 Å². The second kappa shape index (κ2) is 3.56. The van der Waals surface area contributed by atoms with Crippen molar-refractivity contribution >= 4 is 11.7 Å². The maximum atomic E-state index is 7.56. The van der Waals surface area contributed by atoms with Gasteiger partial charge >= 0.3 is 0 Å². The number of amidine groups is 1. The van der Waals surface area contributed by atoms with Gasteiger partial charge in [-0.2, -0.15) is 0 Å². The highest BCUT2D eigenvalue weighted by molar-refractivity contribution is 5.99. The van der Waals surface area contributed by atoms with Crippen LogP contribution in [0.5, 0.6) is 0 Å². The molecule has 0 unspecified atom stereocenters. The minimum Gasteiger partial charge on any atom is -0.445 e. The van der Waals surface area contributed by atoms with Crippen LogP contribution in [0, 0.1) is 23.2 Å². The molecule has 0 spiro atoms. The maximum Gasteiger partial charge on any atom is 0.201 e. The predicted octanol–water partition coefficient (Wildman–Crippen LogP) is 2.61. The van der Waals surface area contributed by atoms with Crippen LogP contribution >= 0.6 is 0 Å². The van der Waals surface area contributed by atoms with E-state index in [4.69, 9.17) is 21.3 Å². The van der Waals surface area contributed by atoms with Crippen molar-refractivity contribution in [1.82, 2.24) is 0 Å². The molecule has 19 heavy (non-hydrogen) atoms. The van der Waals surface area contributed by atoms with Crippen LogP contribution in [0.4, 0.5) is 5.88 Å². The van der Waals surface area contributed by atoms with Crippen molar-refractivity contribution in [1.29, 1.82) is 5.41 Å². The molecule has 4 fully saturated rings. The molecule has 5 N–H and O–H groups in total. The lowest BCUT2D eigenvalue weighted by Gasteiger charge is -2.55. The highest BCUT2D eigenvalue weighted by Crippen LogP contribution is 2.61. The topological polar surface area (TPSA) is 89.0 Å². The fraction of sp³-hybridized carbons (Fsp3) is 0.667. The third-order valence-electron chi connectivity index (χ3n) is 5.61. The summed E-state index contributed by atoms with van der Waals surface area (Å²) >= 11 is 0.